The summed E-state index contributed by atoms with van der Waals surface area (Å²) >= 11 is 0. The van der Waals surface area contributed by atoms with Gasteiger partial charge in [0.2, 0.25) is 0 Å². The maximum atomic E-state index is 12.4. The van der Waals surface area contributed by atoms with Crippen LogP contribution >= 0.6 is 0 Å². The lowest BCUT2D eigenvalue weighted by Gasteiger charge is -2.13. The van der Waals surface area contributed by atoms with Gasteiger partial charge in [0.25, 0.3) is 5.91 Å². The minimum absolute atomic E-state index is 0.189. The van der Waals surface area contributed by atoms with Crippen LogP contribution in [0.4, 0.5) is 5.69 Å². The van der Waals surface area contributed by atoms with Crippen molar-refractivity contribution in [3.05, 3.63) is 57.9 Å². The molecular formula is C22H21NO6. The van der Waals surface area contributed by atoms with Crippen molar-refractivity contribution in [1.82, 2.24) is 0 Å². The molecule has 1 aliphatic rings. The summed E-state index contributed by atoms with van der Waals surface area (Å²) in [5, 5.41) is 3.48. The fourth-order valence-electron chi connectivity index (χ4n) is 3.27. The van der Waals surface area contributed by atoms with Crippen molar-refractivity contribution < 1.29 is 23.4 Å². The molecule has 1 aliphatic heterocycles. The summed E-state index contributed by atoms with van der Waals surface area (Å²) in [4.78, 5) is 24.0. The molecule has 0 radical (unpaired) electrons. The standard InChI is InChI=1S/C22H21NO6/c1-13-8-18(22-14(2)10-21(25)29-19(22)9-13)28-12-20(24)23-15-4-5-16-17(11-15)27-7-3-6-26-16/h4-5,8-11H,3,6-7,12H2,1-2H3,(H,23,24). The molecule has 1 aromatic heterocycles. The van der Waals surface area contributed by atoms with Gasteiger partial charge in [-0.3, -0.25) is 4.79 Å². The highest BCUT2D eigenvalue weighted by Crippen LogP contribution is 2.32. The Morgan fingerprint density at radius 3 is 2.69 bits per heavy atom. The molecule has 7 nitrogen and oxygen atoms in total. The maximum absolute atomic E-state index is 12.4. The van der Waals surface area contributed by atoms with Crippen LogP contribution in [0.5, 0.6) is 17.2 Å². The first kappa shape index (κ1) is 18.9. The average Bonchev–Trinajstić information content (AvgIpc) is 2.90. The lowest BCUT2D eigenvalue weighted by molar-refractivity contribution is -0.118. The number of benzene rings is 2. The van der Waals surface area contributed by atoms with E-state index in [1.807, 2.05) is 13.0 Å². The third kappa shape index (κ3) is 4.18. The molecular weight excluding hydrogens is 374 g/mol. The average molecular weight is 395 g/mol. The summed E-state index contributed by atoms with van der Waals surface area (Å²) in [7, 11) is 0. The quantitative estimate of drug-likeness (QED) is 0.680. The van der Waals surface area contributed by atoms with Gasteiger partial charge >= 0.3 is 5.63 Å². The number of hydrogen-bond donors (Lipinski definition) is 1. The Labute approximate surface area is 167 Å². The first-order chi connectivity index (χ1) is 14.0. The Hall–Kier alpha value is -3.48. The summed E-state index contributed by atoms with van der Waals surface area (Å²) in [5.41, 5.74) is 2.21. The van der Waals surface area contributed by atoms with Gasteiger partial charge in [0.15, 0.2) is 18.1 Å². The molecule has 29 heavy (non-hydrogen) atoms. The molecule has 1 N–H and O–H groups in total. The van der Waals surface area contributed by atoms with Crippen LogP contribution in [0.15, 0.2) is 45.6 Å². The van der Waals surface area contributed by atoms with Gasteiger partial charge in [-0.1, -0.05) is 0 Å². The monoisotopic (exact) mass is 395 g/mol. The second kappa shape index (κ2) is 7.87. The third-order valence-corrected chi connectivity index (χ3v) is 4.54. The number of carbonyl (C=O) groups is 1. The molecule has 0 aliphatic carbocycles. The van der Waals surface area contributed by atoms with E-state index < -0.39 is 5.63 Å². The highest BCUT2D eigenvalue weighted by molar-refractivity contribution is 5.93. The normalized spacial score (nSPS) is 13.0. The maximum Gasteiger partial charge on any atom is 0.336 e. The van der Waals surface area contributed by atoms with E-state index in [1.54, 1.807) is 31.2 Å². The van der Waals surface area contributed by atoms with Gasteiger partial charge in [-0.15, -0.1) is 0 Å². The zero-order valence-electron chi connectivity index (χ0n) is 16.2. The van der Waals surface area contributed by atoms with Gasteiger partial charge in [0.05, 0.1) is 18.6 Å². The zero-order chi connectivity index (χ0) is 20.4. The second-order valence-corrected chi connectivity index (χ2v) is 6.93. The molecule has 3 aromatic rings. The van der Waals surface area contributed by atoms with Crippen molar-refractivity contribution in [2.75, 3.05) is 25.1 Å². The smallest absolute Gasteiger partial charge is 0.336 e. The number of anilines is 1. The summed E-state index contributed by atoms with van der Waals surface area (Å²) in [6.45, 7) is 4.66. The van der Waals surface area contributed by atoms with Crippen molar-refractivity contribution in [2.45, 2.75) is 20.3 Å². The Morgan fingerprint density at radius 2 is 1.86 bits per heavy atom. The molecule has 0 fully saturated rings. The summed E-state index contributed by atoms with van der Waals surface area (Å²) in [5.74, 6) is 1.45. The number of rotatable bonds is 4. The molecule has 0 saturated heterocycles. The van der Waals surface area contributed by atoms with Gasteiger partial charge < -0.3 is 23.9 Å². The molecule has 1 amide bonds. The largest absolute Gasteiger partial charge is 0.490 e. The van der Waals surface area contributed by atoms with Crippen molar-refractivity contribution in [1.29, 1.82) is 0 Å². The van der Waals surface area contributed by atoms with Crippen molar-refractivity contribution in [2.24, 2.45) is 0 Å². The van der Waals surface area contributed by atoms with Gasteiger partial charge in [0, 0.05) is 24.2 Å². The number of amides is 1. The lowest BCUT2D eigenvalue weighted by atomic mass is 10.1. The predicted octanol–water partition coefficient (Wildman–Crippen LogP) is 3.59. The van der Waals surface area contributed by atoms with Gasteiger partial charge in [-0.2, -0.15) is 0 Å². The van der Waals surface area contributed by atoms with E-state index in [0.29, 0.717) is 47.1 Å². The topological polar surface area (TPSA) is 87.0 Å². The molecule has 0 atom stereocenters. The van der Waals surface area contributed by atoms with E-state index in [-0.39, 0.29) is 12.5 Å². The summed E-state index contributed by atoms with van der Waals surface area (Å²) < 4.78 is 22.3. The van der Waals surface area contributed by atoms with E-state index >= 15 is 0 Å². The molecule has 2 aromatic carbocycles. The van der Waals surface area contributed by atoms with Crippen LogP contribution in [0.25, 0.3) is 11.0 Å². The highest BCUT2D eigenvalue weighted by atomic mass is 16.5. The Balaban J connectivity index is 1.49. The molecule has 150 valence electrons. The predicted molar refractivity (Wildman–Crippen MR) is 108 cm³/mol. The van der Waals surface area contributed by atoms with E-state index in [2.05, 4.69) is 5.32 Å². The Morgan fingerprint density at radius 1 is 1.07 bits per heavy atom. The number of carbonyl (C=O) groups excluding carboxylic acids is 1. The zero-order valence-corrected chi connectivity index (χ0v) is 16.2. The Bertz CT molecular complexity index is 1130. The van der Waals surface area contributed by atoms with Crippen molar-refractivity contribution in [3.8, 4) is 17.2 Å². The molecule has 0 saturated carbocycles. The van der Waals surface area contributed by atoms with Crippen LogP contribution in [0.3, 0.4) is 0 Å². The number of ether oxygens (including phenoxy) is 3. The first-order valence-electron chi connectivity index (χ1n) is 9.37. The second-order valence-electron chi connectivity index (χ2n) is 6.93. The molecule has 0 spiro atoms. The molecule has 0 bridgehead atoms. The number of hydrogen-bond acceptors (Lipinski definition) is 6. The lowest BCUT2D eigenvalue weighted by Crippen LogP contribution is -2.20. The molecule has 2 heterocycles. The highest BCUT2D eigenvalue weighted by Gasteiger charge is 2.14. The van der Waals surface area contributed by atoms with Crippen LogP contribution < -0.4 is 25.2 Å². The van der Waals surface area contributed by atoms with E-state index in [1.165, 1.54) is 6.07 Å². The van der Waals surface area contributed by atoms with Gasteiger partial charge in [0.1, 0.15) is 11.3 Å². The van der Waals surface area contributed by atoms with Crippen LogP contribution in [-0.4, -0.2) is 25.7 Å². The van der Waals surface area contributed by atoms with Crippen LogP contribution in [-0.2, 0) is 4.79 Å². The number of aryl methyl sites for hydroxylation is 2. The van der Waals surface area contributed by atoms with Crippen LogP contribution in [0.2, 0.25) is 0 Å². The van der Waals surface area contributed by atoms with E-state index in [0.717, 1.165) is 17.5 Å². The van der Waals surface area contributed by atoms with Crippen molar-refractivity contribution in [3.63, 3.8) is 0 Å². The van der Waals surface area contributed by atoms with Crippen molar-refractivity contribution >= 4 is 22.6 Å². The van der Waals surface area contributed by atoms with Gasteiger partial charge in [-0.25, -0.2) is 4.79 Å². The summed E-state index contributed by atoms with van der Waals surface area (Å²) in [6, 6.07) is 10.3. The molecule has 4 rings (SSSR count). The number of fused-ring (bicyclic) bond motifs is 2. The van der Waals surface area contributed by atoms with Crippen LogP contribution in [0.1, 0.15) is 17.5 Å². The van der Waals surface area contributed by atoms with E-state index in [9.17, 15) is 9.59 Å². The van der Waals surface area contributed by atoms with Gasteiger partial charge in [-0.05, 0) is 49.2 Å². The minimum atomic E-state index is -0.418. The van der Waals surface area contributed by atoms with E-state index in [4.69, 9.17) is 18.6 Å². The first-order valence-corrected chi connectivity index (χ1v) is 9.37. The molecule has 7 heteroatoms. The third-order valence-electron chi connectivity index (χ3n) is 4.54. The SMILES string of the molecule is Cc1cc(OCC(=O)Nc2ccc3c(c2)OCCCO3)c2c(C)cc(=O)oc2c1. The minimum Gasteiger partial charge on any atom is -0.490 e. The van der Waals surface area contributed by atoms with Crippen LogP contribution in [0, 0.1) is 13.8 Å². The fraction of sp³-hybridized carbons (Fsp3) is 0.273. The summed E-state index contributed by atoms with van der Waals surface area (Å²) in [6.07, 6.45) is 0.814. The number of nitrogens with one attached hydrogen (secondary N) is 1. The molecule has 0 unspecified atom stereocenters. The fourth-order valence-corrected chi connectivity index (χ4v) is 3.27. The Kier molecular flexibility index (Phi) is 5.12.